The Labute approximate surface area is 151 Å². The first kappa shape index (κ1) is 18.5. The van der Waals surface area contributed by atoms with E-state index in [0.717, 1.165) is 90.9 Å². The zero-order chi connectivity index (χ0) is 17.6. The summed E-state index contributed by atoms with van der Waals surface area (Å²) >= 11 is 0. The second-order valence-electron chi connectivity index (χ2n) is 7.81. The molecular formula is C19H34N4O2. The van der Waals surface area contributed by atoms with Crippen molar-refractivity contribution in [3.63, 3.8) is 0 Å². The monoisotopic (exact) mass is 350 g/mol. The molecule has 0 aromatic carbocycles. The first-order chi connectivity index (χ1) is 12.2. The molecule has 25 heavy (non-hydrogen) atoms. The van der Waals surface area contributed by atoms with E-state index in [0.29, 0.717) is 11.8 Å². The molecule has 0 saturated carbocycles. The van der Waals surface area contributed by atoms with Crippen LogP contribution >= 0.6 is 0 Å². The van der Waals surface area contributed by atoms with Crippen LogP contribution in [0, 0.1) is 11.8 Å². The SMILES string of the molecule is CCNCC1CCN(C(=O)C2CCN(C(=O)N3CCCC3)CC2)CC1. The van der Waals surface area contributed by atoms with E-state index in [4.69, 9.17) is 0 Å². The van der Waals surface area contributed by atoms with Gasteiger partial charge in [0.15, 0.2) is 0 Å². The summed E-state index contributed by atoms with van der Waals surface area (Å²) in [5, 5.41) is 3.42. The molecular weight excluding hydrogens is 316 g/mol. The molecule has 0 radical (unpaired) electrons. The second-order valence-corrected chi connectivity index (χ2v) is 7.81. The predicted molar refractivity (Wildman–Crippen MR) is 98.3 cm³/mol. The Morgan fingerprint density at radius 1 is 0.840 bits per heavy atom. The standard InChI is InChI=1S/C19H34N4O2/c1-2-20-15-16-5-11-21(12-6-16)18(24)17-7-13-23(14-8-17)19(25)22-9-3-4-10-22/h16-17,20H,2-15H2,1H3. The predicted octanol–water partition coefficient (Wildman–Crippen LogP) is 1.76. The van der Waals surface area contributed by atoms with E-state index in [1.165, 1.54) is 0 Å². The molecule has 6 heteroatoms. The van der Waals surface area contributed by atoms with Crippen molar-refractivity contribution in [3.8, 4) is 0 Å². The molecule has 3 saturated heterocycles. The van der Waals surface area contributed by atoms with Crippen LogP contribution in [0.2, 0.25) is 0 Å². The molecule has 0 bridgehead atoms. The Hall–Kier alpha value is -1.30. The summed E-state index contributed by atoms with van der Waals surface area (Å²) in [7, 11) is 0. The number of hydrogen-bond donors (Lipinski definition) is 1. The average molecular weight is 351 g/mol. The van der Waals surface area contributed by atoms with Gasteiger partial charge in [0.2, 0.25) is 5.91 Å². The zero-order valence-electron chi connectivity index (χ0n) is 15.7. The molecule has 0 aromatic heterocycles. The summed E-state index contributed by atoms with van der Waals surface area (Å²) in [6.45, 7) is 9.33. The molecule has 142 valence electrons. The van der Waals surface area contributed by atoms with E-state index in [1.807, 2.05) is 9.80 Å². The van der Waals surface area contributed by atoms with Gasteiger partial charge in [0.1, 0.15) is 0 Å². The number of hydrogen-bond acceptors (Lipinski definition) is 3. The number of amides is 3. The second kappa shape index (κ2) is 8.88. The normalized spacial score (nSPS) is 23.3. The molecule has 0 aliphatic carbocycles. The van der Waals surface area contributed by atoms with Crippen molar-refractivity contribution in [1.29, 1.82) is 0 Å². The molecule has 0 atom stereocenters. The molecule has 3 fully saturated rings. The van der Waals surface area contributed by atoms with E-state index < -0.39 is 0 Å². The van der Waals surface area contributed by atoms with Crippen molar-refractivity contribution in [2.24, 2.45) is 11.8 Å². The fraction of sp³-hybridized carbons (Fsp3) is 0.895. The minimum absolute atomic E-state index is 0.118. The van der Waals surface area contributed by atoms with E-state index in [2.05, 4.69) is 17.1 Å². The molecule has 0 unspecified atom stereocenters. The number of nitrogens with one attached hydrogen (secondary N) is 1. The highest BCUT2D eigenvalue weighted by molar-refractivity contribution is 5.80. The van der Waals surface area contributed by atoms with Gasteiger partial charge in [-0.05, 0) is 57.5 Å². The van der Waals surface area contributed by atoms with E-state index in [9.17, 15) is 9.59 Å². The van der Waals surface area contributed by atoms with Crippen LogP contribution < -0.4 is 5.32 Å². The number of likely N-dealkylation sites (tertiary alicyclic amines) is 3. The number of piperidine rings is 2. The maximum atomic E-state index is 12.8. The summed E-state index contributed by atoms with van der Waals surface area (Å²) in [5.74, 6) is 1.16. The summed E-state index contributed by atoms with van der Waals surface area (Å²) in [4.78, 5) is 31.3. The third-order valence-corrected chi connectivity index (χ3v) is 6.10. The van der Waals surface area contributed by atoms with Crippen LogP contribution in [0.1, 0.15) is 45.4 Å². The lowest BCUT2D eigenvalue weighted by molar-refractivity contribution is -0.138. The molecule has 3 aliphatic heterocycles. The third-order valence-electron chi connectivity index (χ3n) is 6.10. The van der Waals surface area contributed by atoms with Crippen molar-refractivity contribution in [3.05, 3.63) is 0 Å². The van der Waals surface area contributed by atoms with Gasteiger partial charge in [-0.25, -0.2) is 4.79 Å². The molecule has 3 rings (SSSR count). The fourth-order valence-corrected chi connectivity index (χ4v) is 4.39. The molecule has 0 spiro atoms. The van der Waals surface area contributed by atoms with Crippen LogP contribution in [0.25, 0.3) is 0 Å². The average Bonchev–Trinajstić information content (AvgIpc) is 3.20. The van der Waals surface area contributed by atoms with Crippen LogP contribution in [0.5, 0.6) is 0 Å². The lowest BCUT2D eigenvalue weighted by Crippen LogP contribution is -2.49. The molecule has 3 amide bonds. The maximum absolute atomic E-state index is 12.8. The van der Waals surface area contributed by atoms with Crippen molar-refractivity contribution in [1.82, 2.24) is 20.0 Å². The Morgan fingerprint density at radius 3 is 2.00 bits per heavy atom. The first-order valence-corrected chi connectivity index (χ1v) is 10.2. The van der Waals surface area contributed by atoms with Crippen LogP contribution in [0.15, 0.2) is 0 Å². The summed E-state index contributed by atoms with van der Waals surface area (Å²) in [6.07, 6.45) is 6.15. The van der Waals surface area contributed by atoms with E-state index >= 15 is 0 Å². The van der Waals surface area contributed by atoms with Crippen LogP contribution in [-0.2, 0) is 4.79 Å². The Kier molecular flexibility index (Phi) is 6.57. The molecule has 3 heterocycles. The van der Waals surface area contributed by atoms with Gasteiger partial charge in [-0.3, -0.25) is 4.79 Å². The van der Waals surface area contributed by atoms with Gasteiger partial charge in [0.05, 0.1) is 0 Å². The van der Waals surface area contributed by atoms with Gasteiger partial charge in [0, 0.05) is 45.2 Å². The largest absolute Gasteiger partial charge is 0.342 e. The topological polar surface area (TPSA) is 55.9 Å². The van der Waals surface area contributed by atoms with Gasteiger partial charge in [-0.2, -0.15) is 0 Å². The van der Waals surface area contributed by atoms with Gasteiger partial charge in [-0.15, -0.1) is 0 Å². The lowest BCUT2D eigenvalue weighted by atomic mass is 9.92. The summed E-state index contributed by atoms with van der Waals surface area (Å²) < 4.78 is 0. The summed E-state index contributed by atoms with van der Waals surface area (Å²) in [6, 6.07) is 0.188. The van der Waals surface area contributed by atoms with Crippen molar-refractivity contribution in [2.45, 2.75) is 45.4 Å². The molecule has 1 N–H and O–H groups in total. The highest BCUT2D eigenvalue weighted by atomic mass is 16.2. The van der Waals surface area contributed by atoms with Gasteiger partial charge < -0.3 is 20.0 Å². The van der Waals surface area contributed by atoms with Gasteiger partial charge in [-0.1, -0.05) is 6.92 Å². The first-order valence-electron chi connectivity index (χ1n) is 10.2. The Balaban J connectivity index is 1.40. The van der Waals surface area contributed by atoms with Gasteiger partial charge >= 0.3 is 6.03 Å². The third kappa shape index (κ3) is 4.66. The van der Waals surface area contributed by atoms with Crippen LogP contribution in [0.4, 0.5) is 4.79 Å². The Bertz CT molecular complexity index is 448. The van der Waals surface area contributed by atoms with Gasteiger partial charge in [0.25, 0.3) is 0 Å². The van der Waals surface area contributed by atoms with E-state index in [1.54, 1.807) is 0 Å². The minimum Gasteiger partial charge on any atom is -0.342 e. The number of carbonyl (C=O) groups excluding carboxylic acids is 2. The van der Waals surface area contributed by atoms with Crippen molar-refractivity contribution < 1.29 is 9.59 Å². The number of carbonyl (C=O) groups is 2. The Morgan fingerprint density at radius 2 is 1.40 bits per heavy atom. The van der Waals surface area contributed by atoms with Crippen molar-refractivity contribution in [2.75, 3.05) is 52.4 Å². The molecule has 0 aromatic rings. The highest BCUT2D eigenvalue weighted by Gasteiger charge is 2.33. The lowest BCUT2D eigenvalue weighted by Gasteiger charge is -2.38. The summed E-state index contributed by atoms with van der Waals surface area (Å²) in [5.41, 5.74) is 0. The fourth-order valence-electron chi connectivity index (χ4n) is 4.39. The van der Waals surface area contributed by atoms with E-state index in [-0.39, 0.29) is 11.9 Å². The molecule has 6 nitrogen and oxygen atoms in total. The number of rotatable bonds is 4. The number of nitrogens with zero attached hydrogens (tertiary/aromatic N) is 3. The smallest absolute Gasteiger partial charge is 0.319 e. The quantitative estimate of drug-likeness (QED) is 0.841. The van der Waals surface area contributed by atoms with Crippen molar-refractivity contribution >= 4 is 11.9 Å². The van der Waals surface area contributed by atoms with Crippen LogP contribution in [-0.4, -0.2) is 79.0 Å². The number of urea groups is 1. The maximum Gasteiger partial charge on any atom is 0.319 e. The van der Waals surface area contributed by atoms with Crippen LogP contribution in [0.3, 0.4) is 0 Å². The zero-order valence-corrected chi connectivity index (χ0v) is 15.7. The molecule has 3 aliphatic rings. The minimum atomic E-state index is 0.118. The highest BCUT2D eigenvalue weighted by Crippen LogP contribution is 2.24.